The van der Waals surface area contributed by atoms with Crippen LogP contribution >= 0.6 is 11.6 Å². The van der Waals surface area contributed by atoms with Crippen molar-refractivity contribution in [1.82, 2.24) is 0 Å². The Labute approximate surface area is 130 Å². The van der Waals surface area contributed by atoms with Gasteiger partial charge in [0.05, 0.1) is 18.7 Å². The molecule has 0 saturated heterocycles. The molecule has 0 aliphatic heterocycles. The van der Waals surface area contributed by atoms with Crippen LogP contribution in [-0.2, 0) is 6.54 Å². The van der Waals surface area contributed by atoms with Crippen LogP contribution in [0.15, 0.2) is 36.4 Å². The molecule has 0 bridgehead atoms. The lowest BCUT2D eigenvalue weighted by molar-refractivity contribution is 0.310. The van der Waals surface area contributed by atoms with E-state index in [1.54, 1.807) is 7.11 Å². The summed E-state index contributed by atoms with van der Waals surface area (Å²) in [6.45, 7) is 5.25. The van der Waals surface area contributed by atoms with E-state index in [1.165, 1.54) is 5.56 Å². The second kappa shape index (κ2) is 7.23. The van der Waals surface area contributed by atoms with E-state index in [9.17, 15) is 0 Å². The van der Waals surface area contributed by atoms with Crippen LogP contribution in [0.3, 0.4) is 0 Å². The normalized spacial score (nSPS) is 10.3. The van der Waals surface area contributed by atoms with Gasteiger partial charge < -0.3 is 14.8 Å². The minimum absolute atomic E-state index is 0.560. The number of benzene rings is 2. The number of halogens is 1. The van der Waals surface area contributed by atoms with Crippen molar-refractivity contribution in [3.8, 4) is 11.5 Å². The molecule has 0 aliphatic rings. The van der Waals surface area contributed by atoms with Crippen molar-refractivity contribution >= 4 is 17.3 Å². The monoisotopic (exact) mass is 305 g/mol. The van der Waals surface area contributed by atoms with E-state index >= 15 is 0 Å². The maximum atomic E-state index is 6.24. The molecule has 0 amide bonds. The van der Waals surface area contributed by atoms with Crippen LogP contribution in [0.1, 0.15) is 18.1 Å². The van der Waals surface area contributed by atoms with Crippen LogP contribution < -0.4 is 14.8 Å². The van der Waals surface area contributed by atoms with Gasteiger partial charge in [-0.05, 0) is 49.2 Å². The highest BCUT2D eigenvalue weighted by Crippen LogP contribution is 2.36. The number of rotatable bonds is 6. The number of hydrogen-bond acceptors (Lipinski definition) is 3. The molecule has 1 N–H and O–H groups in total. The third-order valence-electron chi connectivity index (χ3n) is 3.09. The molecule has 0 saturated carbocycles. The van der Waals surface area contributed by atoms with Gasteiger partial charge in [0.2, 0.25) is 0 Å². The second-order valence-electron chi connectivity index (χ2n) is 4.77. The average Bonchev–Trinajstić information content (AvgIpc) is 2.45. The highest BCUT2D eigenvalue weighted by Gasteiger charge is 2.11. The van der Waals surface area contributed by atoms with Crippen LogP contribution in [0.4, 0.5) is 5.69 Å². The molecule has 2 aromatic carbocycles. The van der Waals surface area contributed by atoms with Crippen molar-refractivity contribution in [2.24, 2.45) is 0 Å². The van der Waals surface area contributed by atoms with Crippen molar-refractivity contribution < 1.29 is 9.47 Å². The van der Waals surface area contributed by atoms with Gasteiger partial charge in [-0.1, -0.05) is 23.7 Å². The first-order valence-corrected chi connectivity index (χ1v) is 7.31. The standard InChI is InChI=1S/C17H20ClNO2/c1-4-21-16-10-13(9-15(18)17(16)20-3)11-19-14-7-5-6-12(2)8-14/h5-10,19H,4,11H2,1-3H3. The molecule has 0 heterocycles. The first-order valence-electron chi connectivity index (χ1n) is 6.93. The number of methoxy groups -OCH3 is 1. The fourth-order valence-corrected chi connectivity index (χ4v) is 2.45. The third kappa shape index (κ3) is 4.05. The van der Waals surface area contributed by atoms with Gasteiger partial charge in [-0.2, -0.15) is 0 Å². The molecule has 4 heteroatoms. The molecule has 0 aromatic heterocycles. The van der Waals surface area contributed by atoms with Crippen LogP contribution in [0.25, 0.3) is 0 Å². The summed E-state index contributed by atoms with van der Waals surface area (Å²) in [6, 6.07) is 12.1. The molecular weight excluding hydrogens is 286 g/mol. The predicted octanol–water partition coefficient (Wildman–Crippen LogP) is 4.67. The minimum Gasteiger partial charge on any atom is -0.491 e. The van der Waals surface area contributed by atoms with Gasteiger partial charge in [-0.15, -0.1) is 0 Å². The molecule has 2 rings (SSSR count). The maximum absolute atomic E-state index is 6.24. The summed E-state index contributed by atoms with van der Waals surface area (Å²) in [5.41, 5.74) is 3.36. The summed E-state index contributed by atoms with van der Waals surface area (Å²) in [7, 11) is 1.59. The topological polar surface area (TPSA) is 30.5 Å². The SMILES string of the molecule is CCOc1cc(CNc2cccc(C)c2)cc(Cl)c1OC. The second-order valence-corrected chi connectivity index (χ2v) is 5.17. The molecule has 112 valence electrons. The average molecular weight is 306 g/mol. The van der Waals surface area contributed by atoms with Crippen LogP contribution in [0.5, 0.6) is 11.5 Å². The lowest BCUT2D eigenvalue weighted by Crippen LogP contribution is -2.02. The Morgan fingerprint density at radius 2 is 2.00 bits per heavy atom. The summed E-state index contributed by atoms with van der Waals surface area (Å²) >= 11 is 6.24. The molecule has 3 nitrogen and oxygen atoms in total. The quantitative estimate of drug-likeness (QED) is 0.841. The van der Waals surface area contributed by atoms with Crippen molar-refractivity contribution in [3.63, 3.8) is 0 Å². The molecule has 0 fully saturated rings. The number of hydrogen-bond donors (Lipinski definition) is 1. The number of ether oxygens (including phenoxy) is 2. The van der Waals surface area contributed by atoms with Gasteiger partial charge in [-0.3, -0.25) is 0 Å². The summed E-state index contributed by atoms with van der Waals surface area (Å²) in [4.78, 5) is 0. The van der Waals surface area contributed by atoms with Gasteiger partial charge in [0.1, 0.15) is 0 Å². The lowest BCUT2D eigenvalue weighted by Gasteiger charge is -2.14. The van der Waals surface area contributed by atoms with E-state index in [4.69, 9.17) is 21.1 Å². The molecule has 0 unspecified atom stereocenters. The zero-order valence-corrected chi connectivity index (χ0v) is 13.3. The molecule has 0 aliphatic carbocycles. The fourth-order valence-electron chi connectivity index (χ4n) is 2.14. The zero-order chi connectivity index (χ0) is 15.2. The van der Waals surface area contributed by atoms with Crippen molar-refractivity contribution in [2.75, 3.05) is 19.0 Å². The Bertz CT molecular complexity index is 614. The Balaban J connectivity index is 2.16. The highest BCUT2D eigenvalue weighted by atomic mass is 35.5. The van der Waals surface area contributed by atoms with E-state index < -0.39 is 0 Å². The molecule has 21 heavy (non-hydrogen) atoms. The number of aryl methyl sites for hydroxylation is 1. The van der Waals surface area contributed by atoms with Gasteiger partial charge in [0.25, 0.3) is 0 Å². The van der Waals surface area contributed by atoms with E-state index in [0.29, 0.717) is 29.7 Å². The van der Waals surface area contributed by atoms with Crippen LogP contribution in [0, 0.1) is 6.92 Å². The van der Waals surface area contributed by atoms with Crippen molar-refractivity contribution in [2.45, 2.75) is 20.4 Å². The first kappa shape index (κ1) is 15.5. The lowest BCUT2D eigenvalue weighted by atomic mass is 10.1. The molecule has 0 radical (unpaired) electrons. The van der Waals surface area contributed by atoms with Crippen LogP contribution in [-0.4, -0.2) is 13.7 Å². The van der Waals surface area contributed by atoms with Gasteiger partial charge in [-0.25, -0.2) is 0 Å². The smallest absolute Gasteiger partial charge is 0.179 e. The molecule has 2 aromatic rings. The Morgan fingerprint density at radius 1 is 1.19 bits per heavy atom. The largest absolute Gasteiger partial charge is 0.491 e. The Hall–Kier alpha value is -1.87. The predicted molar refractivity (Wildman–Crippen MR) is 87.7 cm³/mol. The summed E-state index contributed by atoms with van der Waals surface area (Å²) in [5.74, 6) is 1.26. The Morgan fingerprint density at radius 3 is 2.67 bits per heavy atom. The summed E-state index contributed by atoms with van der Waals surface area (Å²) in [5, 5.41) is 3.94. The van der Waals surface area contributed by atoms with Gasteiger partial charge in [0.15, 0.2) is 11.5 Å². The van der Waals surface area contributed by atoms with Gasteiger partial charge >= 0.3 is 0 Å². The summed E-state index contributed by atoms with van der Waals surface area (Å²) < 4.78 is 10.9. The Kier molecular flexibility index (Phi) is 5.34. The molecule has 0 spiro atoms. The van der Waals surface area contributed by atoms with Crippen molar-refractivity contribution in [3.05, 3.63) is 52.5 Å². The first-order chi connectivity index (χ1) is 10.1. The highest BCUT2D eigenvalue weighted by molar-refractivity contribution is 6.32. The van der Waals surface area contributed by atoms with E-state index in [-0.39, 0.29) is 0 Å². The van der Waals surface area contributed by atoms with E-state index in [1.807, 2.05) is 31.2 Å². The van der Waals surface area contributed by atoms with Crippen molar-refractivity contribution in [1.29, 1.82) is 0 Å². The van der Waals surface area contributed by atoms with Gasteiger partial charge in [0, 0.05) is 12.2 Å². The fraction of sp³-hybridized carbons (Fsp3) is 0.294. The zero-order valence-electron chi connectivity index (χ0n) is 12.6. The maximum Gasteiger partial charge on any atom is 0.179 e. The van der Waals surface area contributed by atoms with Crippen LogP contribution in [0.2, 0.25) is 5.02 Å². The minimum atomic E-state index is 0.560. The van der Waals surface area contributed by atoms with E-state index in [0.717, 1.165) is 11.3 Å². The molecular formula is C17H20ClNO2. The third-order valence-corrected chi connectivity index (χ3v) is 3.37. The van der Waals surface area contributed by atoms with E-state index in [2.05, 4.69) is 24.4 Å². The molecule has 0 atom stereocenters. The number of nitrogens with one attached hydrogen (secondary N) is 1. The number of anilines is 1. The summed E-state index contributed by atoms with van der Waals surface area (Å²) in [6.07, 6.45) is 0.